The molecule has 14 nitrogen and oxygen atoms in total. The van der Waals surface area contributed by atoms with Crippen molar-refractivity contribution in [1.29, 1.82) is 0 Å². The van der Waals surface area contributed by atoms with Crippen molar-refractivity contribution >= 4 is 35.5 Å². The van der Waals surface area contributed by atoms with Crippen LogP contribution < -0.4 is 19.9 Å². The Kier molecular flexibility index (Phi) is 13.5. The van der Waals surface area contributed by atoms with Crippen molar-refractivity contribution in [3.05, 3.63) is 197 Å². The van der Waals surface area contributed by atoms with E-state index in [1.807, 2.05) is 132 Å². The van der Waals surface area contributed by atoms with Crippen LogP contribution in [0.1, 0.15) is 90.2 Å². The summed E-state index contributed by atoms with van der Waals surface area (Å²) in [5.41, 5.74) is 3.30. The largest absolute Gasteiger partial charge is 0.491 e. The number of amides is 4. The Morgan fingerprint density at radius 1 is 0.797 bits per heavy atom. The highest BCUT2D eigenvalue weighted by atomic mass is 16.6. The third-order valence-corrected chi connectivity index (χ3v) is 15.2. The van der Waals surface area contributed by atoms with E-state index in [4.69, 9.17) is 9.47 Å². The summed E-state index contributed by atoms with van der Waals surface area (Å²) in [5, 5.41) is 12.8. The van der Waals surface area contributed by atoms with Crippen LogP contribution in [0.25, 0.3) is 0 Å². The Hall–Kier alpha value is -8.12. The monoisotopic (exact) mass is 987 g/mol. The van der Waals surface area contributed by atoms with Crippen LogP contribution in [0.15, 0.2) is 164 Å². The Labute approximate surface area is 430 Å². The summed E-state index contributed by atoms with van der Waals surface area (Å²) in [4.78, 5) is 80.3. The van der Waals surface area contributed by atoms with Crippen LogP contribution in [-0.4, -0.2) is 94.1 Å². The fraction of sp³-hybridized carbons (Fsp3) is 0.300. The molecule has 0 radical (unpaired) electrons. The number of benzene rings is 5. The zero-order valence-corrected chi connectivity index (χ0v) is 41.1. The van der Waals surface area contributed by atoms with Crippen LogP contribution in [0.5, 0.6) is 5.75 Å². The predicted octanol–water partition coefficient (Wildman–Crippen LogP) is 8.18. The lowest BCUT2D eigenvalue weighted by molar-refractivity contribution is -0.179. The maximum absolute atomic E-state index is 16.9. The van der Waals surface area contributed by atoms with Gasteiger partial charge in [-0.2, -0.15) is 0 Å². The number of nitrogens with one attached hydrogen (secondary N) is 1. The highest BCUT2D eigenvalue weighted by Gasteiger charge is 2.76. The normalized spacial score (nSPS) is 23.7. The first-order valence-electron chi connectivity index (χ1n) is 25.5. The molecule has 1 aliphatic carbocycles. The SMILES string of the molecule is C[C@@H](NC(=O)N1C(=O)[C@@]2(c3cc(C#CC4=CCCCC4)ccc31)[C@H](c1ccc(OCCO)cc1)N1[C@H](c3ccccc3)[C@H](c3ccccc3)OC(=O)[C@H]1[C@@H]2C(=O)N1CCN(c2ncccn2)CC1)c1ccccc1. The molecule has 1 spiro atoms. The van der Waals surface area contributed by atoms with Gasteiger partial charge in [0.1, 0.15) is 29.9 Å². The van der Waals surface area contributed by atoms with Crippen molar-refractivity contribution in [2.75, 3.05) is 49.2 Å². The highest BCUT2D eigenvalue weighted by molar-refractivity contribution is 6.24. The van der Waals surface area contributed by atoms with E-state index >= 15 is 19.2 Å². The van der Waals surface area contributed by atoms with Gasteiger partial charge in [0.25, 0.3) is 0 Å². The van der Waals surface area contributed by atoms with Gasteiger partial charge in [-0.15, -0.1) is 0 Å². The Morgan fingerprint density at radius 3 is 2.16 bits per heavy atom. The summed E-state index contributed by atoms with van der Waals surface area (Å²) < 4.78 is 12.6. The number of hydrogen-bond donors (Lipinski definition) is 2. The number of piperazine rings is 1. The number of anilines is 2. The quantitative estimate of drug-likeness (QED) is 0.101. The van der Waals surface area contributed by atoms with Gasteiger partial charge in [-0.3, -0.25) is 19.3 Å². The van der Waals surface area contributed by atoms with Gasteiger partial charge in [-0.1, -0.05) is 121 Å². The average Bonchev–Trinajstić information content (AvgIpc) is 3.97. The van der Waals surface area contributed by atoms with Crippen LogP contribution in [-0.2, 0) is 24.5 Å². The van der Waals surface area contributed by atoms with Gasteiger partial charge in [0.2, 0.25) is 17.8 Å². The fourth-order valence-electron chi connectivity index (χ4n) is 11.8. The number of hydrogen-bond acceptors (Lipinski definition) is 11. The zero-order chi connectivity index (χ0) is 50.8. The number of morpholine rings is 1. The number of allylic oxidation sites excluding steroid dienone is 2. The molecule has 4 amide bonds. The number of imide groups is 1. The molecule has 0 saturated carbocycles. The third-order valence-electron chi connectivity index (χ3n) is 15.2. The van der Waals surface area contributed by atoms with Crippen LogP contribution >= 0.6 is 0 Å². The molecule has 7 atom stereocenters. The molecule has 6 aromatic rings. The van der Waals surface area contributed by atoms with Gasteiger partial charge in [0.15, 0.2) is 0 Å². The summed E-state index contributed by atoms with van der Waals surface area (Å²) >= 11 is 0. The van der Waals surface area contributed by atoms with E-state index < -0.39 is 65.4 Å². The molecule has 5 aliphatic rings. The smallest absolute Gasteiger partial charge is 0.329 e. The summed E-state index contributed by atoms with van der Waals surface area (Å²) in [6, 6.07) is 38.8. The lowest BCUT2D eigenvalue weighted by atomic mass is 9.64. The van der Waals surface area contributed by atoms with Gasteiger partial charge in [0.05, 0.1) is 36.3 Å². The lowest BCUT2D eigenvalue weighted by Gasteiger charge is -2.46. The summed E-state index contributed by atoms with van der Waals surface area (Å²) in [7, 11) is 0. The lowest BCUT2D eigenvalue weighted by Crippen LogP contribution is -2.59. The number of nitrogens with zero attached hydrogens (tertiary/aromatic N) is 6. The first-order chi connectivity index (χ1) is 36.3. The number of fused-ring (bicyclic) bond motifs is 3. The third kappa shape index (κ3) is 8.75. The molecule has 3 fully saturated rings. The van der Waals surface area contributed by atoms with E-state index in [2.05, 4.69) is 33.2 Å². The topological polar surface area (TPSA) is 158 Å². The zero-order valence-electron chi connectivity index (χ0n) is 41.1. The molecule has 0 unspecified atom stereocenters. The summed E-state index contributed by atoms with van der Waals surface area (Å²) in [5.74, 6) is 4.63. The van der Waals surface area contributed by atoms with E-state index in [1.165, 1.54) is 4.90 Å². The molecule has 11 rings (SSSR count). The van der Waals surface area contributed by atoms with Crippen molar-refractivity contribution in [2.24, 2.45) is 5.92 Å². The fourth-order valence-corrected chi connectivity index (χ4v) is 11.8. The molecule has 5 heterocycles. The molecule has 14 heteroatoms. The molecule has 0 bridgehead atoms. The number of cyclic esters (lactones) is 1. The second kappa shape index (κ2) is 20.8. The average molecular weight is 988 g/mol. The maximum Gasteiger partial charge on any atom is 0.329 e. The Morgan fingerprint density at radius 2 is 1.49 bits per heavy atom. The predicted molar refractivity (Wildman–Crippen MR) is 279 cm³/mol. The Balaban J connectivity index is 1.16. The molecule has 74 heavy (non-hydrogen) atoms. The van der Waals surface area contributed by atoms with E-state index in [0.29, 0.717) is 41.5 Å². The number of rotatable bonds is 10. The molecule has 1 aromatic heterocycles. The van der Waals surface area contributed by atoms with Crippen LogP contribution in [0.4, 0.5) is 16.4 Å². The van der Waals surface area contributed by atoms with Crippen molar-refractivity contribution in [1.82, 2.24) is 25.1 Å². The van der Waals surface area contributed by atoms with Crippen LogP contribution in [0.3, 0.4) is 0 Å². The van der Waals surface area contributed by atoms with Crippen LogP contribution in [0, 0.1) is 17.8 Å². The molecule has 5 aromatic carbocycles. The number of carbonyl (C=O) groups excluding carboxylic acids is 4. The minimum atomic E-state index is -1.96. The highest BCUT2D eigenvalue weighted by Crippen LogP contribution is 2.66. The van der Waals surface area contributed by atoms with E-state index in [1.54, 1.807) is 41.6 Å². The second-order valence-electron chi connectivity index (χ2n) is 19.4. The number of esters is 1. The molecule has 3 saturated heterocycles. The van der Waals surface area contributed by atoms with Gasteiger partial charge >= 0.3 is 12.0 Å². The minimum absolute atomic E-state index is 0.0554. The number of carbonyl (C=O) groups is 4. The van der Waals surface area contributed by atoms with Gasteiger partial charge < -0.3 is 29.7 Å². The standard InChI is InChI=1S/C60H57N7O7/c1-40(43-17-8-3-9-18-43)63-59(72)66-49-30-25-42(24-23-41-15-6-2-7-16-41)39-48(49)60(57(66)71)50(55(69)64-33-35-65(36-34-64)58-61-31-14-32-62-58)52-56(70)74-53(45-21-12-5-13-22-45)51(44-19-10-4-11-20-44)67(52)54(60)46-26-28-47(29-27-46)73-38-37-68/h3-5,8-15,17-22,25-32,39-40,50-54,68H,2,6-7,16,33-38H2,1H3,(H,63,72)/t40-,50-,51-,52-,53+,54+,60-/m1/s1. The summed E-state index contributed by atoms with van der Waals surface area (Å²) in [6.07, 6.45) is 8.58. The number of aliphatic hydroxyl groups excluding tert-OH is 1. The molecule has 374 valence electrons. The first-order valence-corrected chi connectivity index (χ1v) is 25.5. The maximum atomic E-state index is 16.9. The minimum Gasteiger partial charge on any atom is -0.491 e. The van der Waals surface area contributed by atoms with Crippen molar-refractivity contribution in [3.8, 4) is 17.6 Å². The van der Waals surface area contributed by atoms with Crippen molar-refractivity contribution < 1.29 is 33.8 Å². The molecule has 2 N–H and O–H groups in total. The van der Waals surface area contributed by atoms with E-state index in [0.717, 1.165) is 47.9 Å². The van der Waals surface area contributed by atoms with Crippen molar-refractivity contribution in [2.45, 2.75) is 68.3 Å². The number of aliphatic hydroxyl groups is 1. The van der Waals surface area contributed by atoms with E-state index in [-0.39, 0.29) is 32.0 Å². The van der Waals surface area contributed by atoms with Crippen molar-refractivity contribution in [3.63, 3.8) is 0 Å². The second-order valence-corrected chi connectivity index (χ2v) is 19.4. The van der Waals surface area contributed by atoms with Gasteiger partial charge in [-0.05, 0) is 102 Å². The Bertz CT molecular complexity index is 3120. The van der Waals surface area contributed by atoms with Gasteiger partial charge in [0, 0.05) is 44.1 Å². The molecule has 4 aliphatic heterocycles. The molecular formula is C60H57N7O7. The molecular weight excluding hydrogens is 931 g/mol. The van der Waals surface area contributed by atoms with E-state index in [9.17, 15) is 5.11 Å². The van der Waals surface area contributed by atoms with Gasteiger partial charge in [-0.25, -0.2) is 19.7 Å². The number of aromatic nitrogens is 2. The first kappa shape index (κ1) is 48.2. The number of urea groups is 1. The summed E-state index contributed by atoms with van der Waals surface area (Å²) in [6.45, 7) is 2.97. The van der Waals surface area contributed by atoms with Crippen LogP contribution in [0.2, 0.25) is 0 Å². The number of ether oxygens (including phenoxy) is 2.